The number of nitro benzene ring substituents is 1. The van der Waals surface area contributed by atoms with Crippen molar-refractivity contribution < 1.29 is 14.5 Å². The Hall–Kier alpha value is -2.56. The van der Waals surface area contributed by atoms with Crippen molar-refractivity contribution in [3.8, 4) is 5.75 Å². The van der Waals surface area contributed by atoms with Crippen LogP contribution in [0, 0.1) is 10.1 Å². The number of hydrogen-bond donors (Lipinski definition) is 1. The molecule has 1 amide bonds. The third kappa shape index (κ3) is 6.46. The standard InChI is InChI=1S/C21H14Br3N3O4/c22-16-5-3-15(4-6-16)21(28)26-25-11-14-9-18(23)20(19(24)10-14)31-12-13-1-7-17(8-2-13)27(29)30/h1-11H,12H2,(H,26,28)/b25-11-. The largest absolute Gasteiger partial charge is 0.487 e. The van der Waals surface area contributed by atoms with Gasteiger partial charge in [0, 0.05) is 22.2 Å². The molecule has 31 heavy (non-hydrogen) atoms. The SMILES string of the molecule is O=C(N/N=C\c1cc(Br)c(OCc2ccc([N+](=O)[O-])cc2)c(Br)c1)c1ccc(Br)cc1. The lowest BCUT2D eigenvalue weighted by atomic mass is 10.2. The summed E-state index contributed by atoms with van der Waals surface area (Å²) in [5.41, 5.74) is 4.54. The fourth-order valence-corrected chi connectivity index (χ4v) is 4.21. The first-order valence-corrected chi connectivity index (χ1v) is 11.2. The second kappa shape index (κ2) is 10.7. The zero-order chi connectivity index (χ0) is 22.4. The maximum atomic E-state index is 12.1. The number of halogens is 3. The van der Waals surface area contributed by atoms with Crippen LogP contribution in [0.15, 0.2) is 79.2 Å². The van der Waals surface area contributed by atoms with E-state index in [0.29, 0.717) is 20.3 Å². The Bertz CT molecular complexity index is 1110. The van der Waals surface area contributed by atoms with E-state index in [-0.39, 0.29) is 18.2 Å². The van der Waals surface area contributed by atoms with Gasteiger partial charge in [0.15, 0.2) is 0 Å². The molecule has 0 saturated heterocycles. The number of hydrogen-bond acceptors (Lipinski definition) is 5. The Morgan fingerprint density at radius 3 is 2.23 bits per heavy atom. The molecule has 0 aliphatic rings. The fraction of sp³-hybridized carbons (Fsp3) is 0.0476. The Morgan fingerprint density at radius 1 is 1.03 bits per heavy atom. The molecular formula is C21H14Br3N3O4. The number of nitro groups is 1. The predicted octanol–water partition coefficient (Wildman–Crippen LogP) is 6.23. The van der Waals surface area contributed by atoms with Gasteiger partial charge in [0.25, 0.3) is 11.6 Å². The number of carbonyl (C=O) groups excluding carboxylic acids is 1. The van der Waals surface area contributed by atoms with Crippen LogP contribution in [0.1, 0.15) is 21.5 Å². The van der Waals surface area contributed by atoms with E-state index in [1.807, 2.05) is 0 Å². The van der Waals surface area contributed by atoms with Gasteiger partial charge >= 0.3 is 0 Å². The second-order valence-corrected chi connectivity index (χ2v) is 8.86. The highest BCUT2D eigenvalue weighted by molar-refractivity contribution is 9.11. The van der Waals surface area contributed by atoms with Crippen molar-refractivity contribution in [1.29, 1.82) is 0 Å². The molecule has 0 spiro atoms. The van der Waals surface area contributed by atoms with Crippen LogP contribution in [-0.2, 0) is 6.61 Å². The zero-order valence-corrected chi connectivity index (χ0v) is 20.5. The average molecular weight is 612 g/mol. The van der Waals surface area contributed by atoms with E-state index in [0.717, 1.165) is 15.6 Å². The van der Waals surface area contributed by atoms with Gasteiger partial charge in [0.1, 0.15) is 12.4 Å². The van der Waals surface area contributed by atoms with Gasteiger partial charge in [-0.15, -0.1) is 0 Å². The van der Waals surface area contributed by atoms with E-state index in [4.69, 9.17) is 4.74 Å². The Balaban J connectivity index is 1.62. The van der Waals surface area contributed by atoms with Crippen LogP contribution in [0.4, 0.5) is 5.69 Å². The van der Waals surface area contributed by atoms with Crippen molar-refractivity contribution in [1.82, 2.24) is 5.43 Å². The molecular weight excluding hydrogens is 598 g/mol. The minimum Gasteiger partial charge on any atom is -0.487 e. The molecule has 0 aromatic heterocycles. The highest BCUT2D eigenvalue weighted by Gasteiger charge is 2.10. The smallest absolute Gasteiger partial charge is 0.271 e. The van der Waals surface area contributed by atoms with E-state index in [9.17, 15) is 14.9 Å². The average Bonchev–Trinajstić information content (AvgIpc) is 2.74. The first kappa shape index (κ1) is 23.1. The molecule has 0 unspecified atom stereocenters. The molecule has 3 aromatic carbocycles. The first-order chi connectivity index (χ1) is 14.8. The van der Waals surface area contributed by atoms with Crippen LogP contribution in [0.3, 0.4) is 0 Å². The van der Waals surface area contributed by atoms with E-state index < -0.39 is 4.92 Å². The van der Waals surface area contributed by atoms with Crippen LogP contribution in [0.5, 0.6) is 5.75 Å². The van der Waals surface area contributed by atoms with Crippen LogP contribution < -0.4 is 10.2 Å². The van der Waals surface area contributed by atoms with E-state index >= 15 is 0 Å². The van der Waals surface area contributed by atoms with Gasteiger partial charge in [0.05, 0.1) is 20.1 Å². The molecule has 1 N–H and O–H groups in total. The fourth-order valence-electron chi connectivity index (χ4n) is 2.49. The lowest BCUT2D eigenvalue weighted by Crippen LogP contribution is -2.17. The number of hydrazone groups is 1. The van der Waals surface area contributed by atoms with Crippen molar-refractivity contribution in [3.63, 3.8) is 0 Å². The molecule has 3 aromatic rings. The zero-order valence-electron chi connectivity index (χ0n) is 15.7. The summed E-state index contributed by atoms with van der Waals surface area (Å²) in [7, 11) is 0. The van der Waals surface area contributed by atoms with Gasteiger partial charge in [-0.3, -0.25) is 14.9 Å². The number of carbonyl (C=O) groups is 1. The predicted molar refractivity (Wildman–Crippen MR) is 128 cm³/mol. The molecule has 0 radical (unpaired) electrons. The third-order valence-electron chi connectivity index (χ3n) is 4.04. The summed E-state index contributed by atoms with van der Waals surface area (Å²) in [5, 5.41) is 14.7. The lowest BCUT2D eigenvalue weighted by Gasteiger charge is -2.11. The van der Waals surface area contributed by atoms with Gasteiger partial charge in [-0.2, -0.15) is 5.10 Å². The normalized spacial score (nSPS) is 10.8. The maximum absolute atomic E-state index is 12.1. The van der Waals surface area contributed by atoms with Gasteiger partial charge in [-0.05, 0) is 91.5 Å². The number of ether oxygens (including phenoxy) is 1. The van der Waals surface area contributed by atoms with Crippen molar-refractivity contribution in [2.75, 3.05) is 0 Å². The molecule has 3 rings (SSSR count). The van der Waals surface area contributed by atoms with Crippen LogP contribution in [0.2, 0.25) is 0 Å². The Labute approximate surface area is 203 Å². The van der Waals surface area contributed by atoms with Crippen LogP contribution in [-0.4, -0.2) is 17.0 Å². The Morgan fingerprint density at radius 2 is 1.65 bits per heavy atom. The minimum atomic E-state index is -0.445. The summed E-state index contributed by atoms with van der Waals surface area (Å²) >= 11 is 10.3. The lowest BCUT2D eigenvalue weighted by molar-refractivity contribution is -0.384. The quantitative estimate of drug-likeness (QED) is 0.195. The van der Waals surface area contributed by atoms with Crippen molar-refractivity contribution in [2.45, 2.75) is 6.61 Å². The summed E-state index contributed by atoms with van der Waals surface area (Å²) in [6, 6.07) is 16.7. The maximum Gasteiger partial charge on any atom is 0.271 e. The number of rotatable bonds is 7. The second-order valence-electron chi connectivity index (χ2n) is 6.23. The van der Waals surface area contributed by atoms with Gasteiger partial charge < -0.3 is 4.74 Å². The monoisotopic (exact) mass is 609 g/mol. The molecule has 0 bridgehead atoms. The van der Waals surface area contributed by atoms with E-state index in [2.05, 4.69) is 58.3 Å². The minimum absolute atomic E-state index is 0.0296. The van der Waals surface area contributed by atoms with Crippen molar-refractivity contribution >= 4 is 65.6 Å². The number of non-ortho nitro benzene ring substituents is 1. The highest BCUT2D eigenvalue weighted by Crippen LogP contribution is 2.35. The van der Waals surface area contributed by atoms with Gasteiger partial charge in [-0.1, -0.05) is 15.9 Å². The highest BCUT2D eigenvalue weighted by atomic mass is 79.9. The molecule has 0 heterocycles. The van der Waals surface area contributed by atoms with Crippen LogP contribution in [0.25, 0.3) is 0 Å². The number of benzene rings is 3. The summed E-state index contributed by atoms with van der Waals surface area (Å²) in [4.78, 5) is 22.4. The summed E-state index contributed by atoms with van der Waals surface area (Å²) in [6.45, 7) is 0.242. The number of amides is 1. The summed E-state index contributed by atoms with van der Waals surface area (Å²) < 4.78 is 8.09. The number of nitrogens with zero attached hydrogens (tertiary/aromatic N) is 2. The molecule has 0 aliphatic carbocycles. The molecule has 7 nitrogen and oxygen atoms in total. The Kier molecular flexibility index (Phi) is 7.94. The van der Waals surface area contributed by atoms with Crippen molar-refractivity contribution in [2.24, 2.45) is 5.10 Å². The summed E-state index contributed by atoms with van der Waals surface area (Å²) in [5.74, 6) is 0.263. The molecule has 0 saturated carbocycles. The van der Waals surface area contributed by atoms with Gasteiger partial charge in [0.2, 0.25) is 0 Å². The molecule has 0 fully saturated rings. The topological polar surface area (TPSA) is 93.8 Å². The summed E-state index contributed by atoms with van der Waals surface area (Å²) in [6.07, 6.45) is 1.52. The molecule has 0 aliphatic heterocycles. The van der Waals surface area contributed by atoms with E-state index in [1.54, 1.807) is 48.5 Å². The number of nitrogens with one attached hydrogen (secondary N) is 1. The molecule has 0 atom stereocenters. The van der Waals surface area contributed by atoms with E-state index in [1.165, 1.54) is 18.3 Å². The first-order valence-electron chi connectivity index (χ1n) is 8.77. The molecule has 158 valence electrons. The van der Waals surface area contributed by atoms with Gasteiger partial charge in [-0.25, -0.2) is 5.43 Å². The van der Waals surface area contributed by atoms with Crippen LogP contribution >= 0.6 is 47.8 Å². The van der Waals surface area contributed by atoms with Crippen molar-refractivity contribution in [3.05, 3.63) is 101 Å². The molecule has 10 heteroatoms. The third-order valence-corrected chi connectivity index (χ3v) is 5.74.